The average molecular weight is 1390 g/mol. The largest absolute Gasteiger partial charge is 0.311 e. The van der Waals surface area contributed by atoms with Crippen LogP contribution in [-0.2, 0) is 10.8 Å². The van der Waals surface area contributed by atoms with Crippen molar-refractivity contribution in [3.8, 4) is 95.6 Å². The summed E-state index contributed by atoms with van der Waals surface area (Å²) in [5.41, 5.74) is 31.3. The SMILES string of the molecule is CC1(C)c2ccccc2-c2c1c1cc(-c3ccc(N(c4ccc(-c5ccccc5)cc4)c4ccc(-c5ccccc5)cc4)cc3)ccc1n2-c1cc(F)cc(F)c1.CC1(C)c2ccccc2-c2c1c1cc(-c3ccc(N(c4ccccc4)c4ccc(-c5ccccc5)cc4)cc3)ccc1n2-c1cccc(C#N)c1. The maximum Gasteiger partial charge on any atom is 0.128 e. The molecule has 0 saturated heterocycles. The molecule has 7 heteroatoms. The van der Waals surface area contributed by atoms with Crippen LogP contribution in [0.2, 0.25) is 0 Å². The van der Waals surface area contributed by atoms with Gasteiger partial charge in [0.1, 0.15) is 11.6 Å². The Labute approximate surface area is 628 Å². The molecule has 2 heterocycles. The first-order valence-corrected chi connectivity index (χ1v) is 36.7. The van der Waals surface area contributed by atoms with Crippen LogP contribution in [0.3, 0.4) is 0 Å². The quantitative estimate of drug-likeness (QED) is 0.115. The Bertz CT molecular complexity index is 6170. The van der Waals surface area contributed by atoms with E-state index < -0.39 is 11.6 Å². The van der Waals surface area contributed by atoms with Crippen LogP contribution in [-0.4, -0.2) is 9.13 Å². The molecule has 0 saturated carbocycles. The summed E-state index contributed by atoms with van der Waals surface area (Å²) in [6, 6.07) is 130. The van der Waals surface area contributed by atoms with Gasteiger partial charge < -0.3 is 18.9 Å². The molecule has 17 aromatic rings. The minimum Gasteiger partial charge on any atom is -0.311 e. The van der Waals surface area contributed by atoms with Crippen LogP contribution >= 0.6 is 0 Å². The Balaban J connectivity index is 0.000000153. The van der Waals surface area contributed by atoms with Gasteiger partial charge in [0.25, 0.3) is 0 Å². The van der Waals surface area contributed by atoms with Crippen molar-refractivity contribution in [2.45, 2.75) is 38.5 Å². The van der Waals surface area contributed by atoms with Crippen molar-refractivity contribution >= 4 is 55.9 Å². The number of halogens is 2. The van der Waals surface area contributed by atoms with Gasteiger partial charge in [-0.2, -0.15) is 5.26 Å². The van der Waals surface area contributed by atoms with Crippen LogP contribution in [0.25, 0.3) is 111 Å². The molecule has 0 atom stereocenters. The number of nitrogens with zero attached hydrogens (tertiary/aromatic N) is 5. The van der Waals surface area contributed by atoms with E-state index in [-0.39, 0.29) is 10.8 Å². The molecule has 5 nitrogen and oxygen atoms in total. The van der Waals surface area contributed by atoms with Crippen LogP contribution in [0.4, 0.5) is 42.9 Å². The van der Waals surface area contributed by atoms with Gasteiger partial charge in [-0.25, -0.2) is 8.78 Å². The summed E-state index contributed by atoms with van der Waals surface area (Å²) < 4.78 is 33.8. The van der Waals surface area contributed by atoms with Crippen LogP contribution in [0, 0.1) is 23.0 Å². The molecule has 0 N–H and O–H groups in total. The molecule has 15 aromatic carbocycles. The number of nitriles is 1. The highest BCUT2D eigenvalue weighted by atomic mass is 19.1. The fraction of sp³-hybridized carbons (Fsp3) is 0.0594. The minimum atomic E-state index is -0.601. The summed E-state index contributed by atoms with van der Waals surface area (Å²) in [7, 11) is 0. The molecule has 0 bridgehead atoms. The van der Waals surface area contributed by atoms with Crippen molar-refractivity contribution in [3.63, 3.8) is 0 Å². The van der Waals surface area contributed by atoms with Gasteiger partial charge in [0.2, 0.25) is 0 Å². The van der Waals surface area contributed by atoms with Crippen molar-refractivity contribution < 1.29 is 8.78 Å². The standard InChI is InChI=1S/C53H38F2N2.C48H35N3/c1-53(2)49-16-10-9-15-47(49)52-51(53)48-31-40(23-30-50(48)57(52)46-33-41(54)32-42(55)34-46)39-21-28-45(29-22-39)56(43-24-17-37(18-25-43)35-11-5-3-6-12-35)44-26-19-38(20-27-44)36-13-7-4-8-14-36;1-48(2)44-19-10-9-18-42(44)47-46(48)43-31-37(24-29-45(43)51(47)41-17-11-12-33(30-41)32-49)36-22-27-40(28-23-36)50(38-15-7-4-8-16-38)39-25-20-35(21-26-39)34-13-5-3-6-14-34/h3-34H,1-2H3;3-31H,1-2H3. The highest BCUT2D eigenvalue weighted by Gasteiger charge is 2.42. The Morgan fingerprint density at radius 2 is 0.583 bits per heavy atom. The zero-order valence-electron chi connectivity index (χ0n) is 60.2. The first kappa shape index (κ1) is 66.3. The summed E-state index contributed by atoms with van der Waals surface area (Å²) in [4.78, 5) is 4.60. The predicted molar refractivity (Wildman–Crippen MR) is 443 cm³/mol. The Hall–Kier alpha value is -13.7. The average Bonchev–Trinajstić information content (AvgIpc) is 1.54. The summed E-state index contributed by atoms with van der Waals surface area (Å²) in [6.07, 6.45) is 0. The van der Waals surface area contributed by atoms with Crippen molar-refractivity contribution in [2.24, 2.45) is 0 Å². The zero-order chi connectivity index (χ0) is 73.2. The topological polar surface area (TPSA) is 40.1 Å². The maximum atomic E-state index is 14.7. The Morgan fingerprint density at radius 3 is 0.954 bits per heavy atom. The van der Waals surface area contributed by atoms with E-state index in [1.54, 1.807) is 0 Å². The molecule has 0 spiro atoms. The van der Waals surface area contributed by atoms with Gasteiger partial charge in [-0.15, -0.1) is 0 Å². The second kappa shape index (κ2) is 27.1. The molecule has 0 unspecified atom stereocenters. The third-order valence-electron chi connectivity index (χ3n) is 21.9. The van der Waals surface area contributed by atoms with Crippen molar-refractivity contribution in [2.75, 3.05) is 9.80 Å². The molecule has 108 heavy (non-hydrogen) atoms. The molecule has 516 valence electrons. The number of anilines is 6. The van der Waals surface area contributed by atoms with E-state index in [2.05, 4.69) is 364 Å². The second-order valence-electron chi connectivity index (χ2n) is 29.1. The van der Waals surface area contributed by atoms with Crippen molar-refractivity contribution in [3.05, 3.63) is 410 Å². The number of fused-ring (bicyclic) bond motifs is 10. The fourth-order valence-corrected chi connectivity index (χ4v) is 16.8. The predicted octanol–water partition coefficient (Wildman–Crippen LogP) is 27.3. The van der Waals surface area contributed by atoms with Crippen LogP contribution in [0.1, 0.15) is 55.5 Å². The Morgan fingerprint density at radius 1 is 0.278 bits per heavy atom. The number of hydrogen-bond donors (Lipinski definition) is 0. The highest BCUT2D eigenvalue weighted by Crippen LogP contribution is 2.56. The van der Waals surface area contributed by atoms with E-state index in [0.717, 1.165) is 95.8 Å². The van der Waals surface area contributed by atoms with Gasteiger partial charge in [-0.3, -0.25) is 0 Å². The molecule has 0 aliphatic heterocycles. The van der Waals surface area contributed by atoms with E-state index >= 15 is 0 Å². The van der Waals surface area contributed by atoms with Gasteiger partial charge in [0.05, 0.1) is 39.7 Å². The van der Waals surface area contributed by atoms with Gasteiger partial charge in [-0.05, 0) is 205 Å². The smallest absolute Gasteiger partial charge is 0.128 e. The van der Waals surface area contributed by atoms with Crippen LogP contribution in [0.5, 0.6) is 0 Å². The molecule has 2 aliphatic rings. The first-order chi connectivity index (χ1) is 52.8. The lowest BCUT2D eigenvalue weighted by Crippen LogP contribution is -2.14. The van der Waals surface area contributed by atoms with Crippen LogP contribution in [0.15, 0.2) is 370 Å². The number of benzene rings is 15. The third kappa shape index (κ3) is 11.7. The van der Waals surface area contributed by atoms with Crippen molar-refractivity contribution in [1.29, 1.82) is 5.26 Å². The molecule has 19 rings (SSSR count). The molecule has 0 amide bonds. The normalized spacial score (nSPS) is 12.7. The summed E-state index contributed by atoms with van der Waals surface area (Å²) in [5.74, 6) is -1.20. The first-order valence-electron chi connectivity index (χ1n) is 36.7. The van der Waals surface area contributed by atoms with E-state index in [0.29, 0.717) is 11.3 Å². The molecular formula is C101H73F2N5. The highest BCUT2D eigenvalue weighted by molar-refractivity contribution is 6.03. The lowest BCUT2D eigenvalue weighted by Gasteiger charge is -2.26. The summed E-state index contributed by atoms with van der Waals surface area (Å²) in [6.45, 7) is 9.14. The van der Waals surface area contributed by atoms with Gasteiger partial charge in [0.15, 0.2) is 0 Å². The van der Waals surface area contributed by atoms with E-state index in [9.17, 15) is 14.0 Å². The lowest BCUT2D eigenvalue weighted by molar-refractivity contribution is 0.582. The zero-order valence-corrected chi connectivity index (χ0v) is 60.2. The number of aromatic nitrogens is 2. The maximum absolute atomic E-state index is 14.7. The minimum absolute atomic E-state index is 0.184. The molecule has 2 aliphatic carbocycles. The number of rotatable bonds is 13. The molecule has 2 aromatic heterocycles. The molecule has 0 fully saturated rings. The van der Waals surface area contributed by atoms with Crippen LogP contribution < -0.4 is 9.80 Å². The van der Waals surface area contributed by atoms with Gasteiger partial charge in [-0.1, -0.05) is 264 Å². The van der Waals surface area contributed by atoms with E-state index in [1.807, 2.05) is 41.0 Å². The van der Waals surface area contributed by atoms with Crippen molar-refractivity contribution in [1.82, 2.24) is 9.13 Å². The summed E-state index contributed by atoms with van der Waals surface area (Å²) in [5, 5.41) is 12.0. The molecule has 0 radical (unpaired) electrons. The van der Waals surface area contributed by atoms with Gasteiger partial charge in [0, 0.05) is 78.6 Å². The third-order valence-corrected chi connectivity index (χ3v) is 21.9. The van der Waals surface area contributed by atoms with E-state index in [4.69, 9.17) is 0 Å². The monoisotopic (exact) mass is 1390 g/mol. The lowest BCUT2D eigenvalue weighted by atomic mass is 9.81. The van der Waals surface area contributed by atoms with E-state index in [1.165, 1.54) is 84.4 Å². The Kier molecular flexibility index (Phi) is 16.6. The van der Waals surface area contributed by atoms with Gasteiger partial charge >= 0.3 is 0 Å². The molecular weight excluding hydrogens is 1320 g/mol. The summed E-state index contributed by atoms with van der Waals surface area (Å²) >= 11 is 0. The fourth-order valence-electron chi connectivity index (χ4n) is 16.8. The number of hydrogen-bond acceptors (Lipinski definition) is 3. The second-order valence-corrected chi connectivity index (χ2v) is 29.1. The number of para-hydroxylation sites is 1.